The number of piperazine rings is 1. The van der Waals surface area contributed by atoms with Crippen LogP contribution in [0, 0.1) is 0 Å². The standard InChI is InChI=1S/C13H22N4/c1-2-6-16-7-9-17(10-8-16)13-5-3-4-12(11-14)15-13/h3-5H,2,6-11,14H2,1H3. The molecule has 0 unspecified atom stereocenters. The van der Waals surface area contributed by atoms with Crippen molar-refractivity contribution in [1.29, 1.82) is 0 Å². The number of pyridine rings is 1. The van der Waals surface area contributed by atoms with Crippen LogP contribution >= 0.6 is 0 Å². The molecule has 0 saturated carbocycles. The van der Waals surface area contributed by atoms with Gasteiger partial charge < -0.3 is 10.6 Å². The first-order valence-corrected chi connectivity index (χ1v) is 6.46. The van der Waals surface area contributed by atoms with Gasteiger partial charge in [-0.15, -0.1) is 0 Å². The van der Waals surface area contributed by atoms with Crippen molar-refractivity contribution in [2.24, 2.45) is 5.73 Å². The molecular formula is C13H22N4. The average molecular weight is 234 g/mol. The van der Waals surface area contributed by atoms with Crippen LogP contribution in [-0.4, -0.2) is 42.6 Å². The van der Waals surface area contributed by atoms with E-state index in [2.05, 4.69) is 27.8 Å². The summed E-state index contributed by atoms with van der Waals surface area (Å²) in [7, 11) is 0. The van der Waals surface area contributed by atoms with Gasteiger partial charge in [0.05, 0.1) is 5.69 Å². The molecule has 0 aromatic carbocycles. The van der Waals surface area contributed by atoms with Crippen molar-refractivity contribution in [3.8, 4) is 0 Å². The van der Waals surface area contributed by atoms with E-state index in [-0.39, 0.29) is 0 Å². The molecule has 1 fully saturated rings. The summed E-state index contributed by atoms with van der Waals surface area (Å²) in [5.74, 6) is 1.07. The highest BCUT2D eigenvalue weighted by molar-refractivity contribution is 5.39. The lowest BCUT2D eigenvalue weighted by atomic mass is 10.2. The van der Waals surface area contributed by atoms with Crippen LogP contribution in [0.1, 0.15) is 19.0 Å². The Kier molecular flexibility index (Phi) is 4.34. The van der Waals surface area contributed by atoms with E-state index in [1.54, 1.807) is 0 Å². The summed E-state index contributed by atoms with van der Waals surface area (Å²) < 4.78 is 0. The number of nitrogens with zero attached hydrogens (tertiary/aromatic N) is 3. The van der Waals surface area contributed by atoms with Crippen LogP contribution in [0.15, 0.2) is 18.2 Å². The van der Waals surface area contributed by atoms with Crippen molar-refractivity contribution in [3.05, 3.63) is 23.9 Å². The fourth-order valence-electron chi connectivity index (χ4n) is 2.27. The summed E-state index contributed by atoms with van der Waals surface area (Å²) in [5, 5.41) is 0. The van der Waals surface area contributed by atoms with E-state index in [4.69, 9.17) is 5.73 Å². The van der Waals surface area contributed by atoms with Gasteiger partial charge in [0, 0.05) is 32.7 Å². The normalized spacial score (nSPS) is 17.4. The third-order valence-corrected chi connectivity index (χ3v) is 3.24. The summed E-state index contributed by atoms with van der Waals surface area (Å²) in [6, 6.07) is 6.11. The summed E-state index contributed by atoms with van der Waals surface area (Å²) in [4.78, 5) is 9.44. The molecule has 0 spiro atoms. The number of nitrogens with two attached hydrogens (primary N) is 1. The molecule has 4 nitrogen and oxygen atoms in total. The van der Waals surface area contributed by atoms with Crippen LogP contribution < -0.4 is 10.6 Å². The van der Waals surface area contributed by atoms with Gasteiger partial charge in [0.1, 0.15) is 5.82 Å². The number of anilines is 1. The van der Waals surface area contributed by atoms with Gasteiger partial charge in [-0.25, -0.2) is 4.98 Å². The predicted octanol–water partition coefficient (Wildman–Crippen LogP) is 1.07. The van der Waals surface area contributed by atoms with E-state index < -0.39 is 0 Å². The Labute approximate surface area is 103 Å². The second kappa shape index (κ2) is 5.98. The van der Waals surface area contributed by atoms with Crippen molar-refractivity contribution in [2.75, 3.05) is 37.6 Å². The quantitative estimate of drug-likeness (QED) is 0.846. The van der Waals surface area contributed by atoms with Crippen LogP contribution in [0.4, 0.5) is 5.82 Å². The average Bonchev–Trinajstić information content (AvgIpc) is 2.40. The van der Waals surface area contributed by atoms with Gasteiger partial charge in [-0.05, 0) is 25.1 Å². The van der Waals surface area contributed by atoms with E-state index in [9.17, 15) is 0 Å². The second-order valence-corrected chi connectivity index (χ2v) is 4.52. The van der Waals surface area contributed by atoms with Gasteiger partial charge in [0.25, 0.3) is 0 Å². The zero-order chi connectivity index (χ0) is 12.1. The van der Waals surface area contributed by atoms with E-state index >= 15 is 0 Å². The Hall–Kier alpha value is -1.13. The van der Waals surface area contributed by atoms with Crippen LogP contribution in [0.3, 0.4) is 0 Å². The lowest BCUT2D eigenvalue weighted by Crippen LogP contribution is -2.46. The zero-order valence-corrected chi connectivity index (χ0v) is 10.6. The maximum absolute atomic E-state index is 5.62. The first-order chi connectivity index (χ1) is 8.33. The highest BCUT2D eigenvalue weighted by Gasteiger charge is 2.17. The molecule has 0 bridgehead atoms. The lowest BCUT2D eigenvalue weighted by Gasteiger charge is -2.35. The van der Waals surface area contributed by atoms with E-state index in [1.165, 1.54) is 13.0 Å². The van der Waals surface area contributed by atoms with Gasteiger partial charge in [-0.1, -0.05) is 13.0 Å². The molecule has 0 aliphatic carbocycles. The smallest absolute Gasteiger partial charge is 0.128 e. The van der Waals surface area contributed by atoms with Crippen LogP contribution in [0.2, 0.25) is 0 Å². The molecule has 1 aliphatic heterocycles. The highest BCUT2D eigenvalue weighted by Crippen LogP contribution is 2.14. The molecular weight excluding hydrogens is 212 g/mol. The summed E-state index contributed by atoms with van der Waals surface area (Å²) in [5.41, 5.74) is 6.59. The third kappa shape index (κ3) is 3.17. The first kappa shape index (κ1) is 12.3. The van der Waals surface area contributed by atoms with Gasteiger partial charge >= 0.3 is 0 Å². The van der Waals surface area contributed by atoms with Crippen molar-refractivity contribution >= 4 is 5.82 Å². The Morgan fingerprint density at radius 1 is 1.24 bits per heavy atom. The summed E-state index contributed by atoms with van der Waals surface area (Å²) >= 11 is 0. The fourth-order valence-corrected chi connectivity index (χ4v) is 2.27. The fraction of sp³-hybridized carbons (Fsp3) is 0.615. The Morgan fingerprint density at radius 2 is 2.00 bits per heavy atom. The number of hydrogen-bond donors (Lipinski definition) is 1. The molecule has 2 heterocycles. The topological polar surface area (TPSA) is 45.4 Å². The number of rotatable bonds is 4. The predicted molar refractivity (Wildman–Crippen MR) is 71.1 cm³/mol. The summed E-state index contributed by atoms with van der Waals surface area (Å²) in [6.45, 7) is 8.39. The Morgan fingerprint density at radius 3 is 2.65 bits per heavy atom. The SMILES string of the molecule is CCCN1CCN(c2cccc(CN)n2)CC1. The Balaban J connectivity index is 1.95. The minimum Gasteiger partial charge on any atom is -0.354 e. The molecule has 1 aromatic heterocycles. The van der Waals surface area contributed by atoms with Gasteiger partial charge in [0.2, 0.25) is 0 Å². The van der Waals surface area contributed by atoms with Crippen molar-refractivity contribution in [3.63, 3.8) is 0 Å². The van der Waals surface area contributed by atoms with Crippen molar-refractivity contribution in [1.82, 2.24) is 9.88 Å². The van der Waals surface area contributed by atoms with Crippen LogP contribution in [0.25, 0.3) is 0 Å². The largest absolute Gasteiger partial charge is 0.354 e. The third-order valence-electron chi connectivity index (χ3n) is 3.24. The van der Waals surface area contributed by atoms with Gasteiger partial charge in [-0.3, -0.25) is 4.90 Å². The van der Waals surface area contributed by atoms with E-state index in [1.807, 2.05) is 12.1 Å². The maximum atomic E-state index is 5.62. The number of hydrogen-bond acceptors (Lipinski definition) is 4. The lowest BCUT2D eigenvalue weighted by molar-refractivity contribution is 0.258. The number of aromatic nitrogens is 1. The molecule has 0 radical (unpaired) electrons. The molecule has 94 valence electrons. The molecule has 4 heteroatoms. The van der Waals surface area contributed by atoms with E-state index in [0.29, 0.717) is 6.54 Å². The zero-order valence-electron chi connectivity index (χ0n) is 10.6. The van der Waals surface area contributed by atoms with Gasteiger partial charge in [-0.2, -0.15) is 0 Å². The van der Waals surface area contributed by atoms with Crippen molar-refractivity contribution < 1.29 is 0 Å². The molecule has 0 amide bonds. The first-order valence-electron chi connectivity index (χ1n) is 6.46. The van der Waals surface area contributed by atoms with Crippen LogP contribution in [-0.2, 0) is 6.54 Å². The molecule has 2 rings (SSSR count). The monoisotopic (exact) mass is 234 g/mol. The van der Waals surface area contributed by atoms with E-state index in [0.717, 1.165) is 37.7 Å². The second-order valence-electron chi connectivity index (χ2n) is 4.52. The Bertz CT molecular complexity index is 345. The van der Waals surface area contributed by atoms with Crippen molar-refractivity contribution in [2.45, 2.75) is 19.9 Å². The maximum Gasteiger partial charge on any atom is 0.128 e. The molecule has 2 N–H and O–H groups in total. The molecule has 1 saturated heterocycles. The minimum atomic E-state index is 0.517. The molecule has 1 aliphatic rings. The highest BCUT2D eigenvalue weighted by atomic mass is 15.3. The molecule has 1 aromatic rings. The molecule has 17 heavy (non-hydrogen) atoms. The summed E-state index contributed by atoms with van der Waals surface area (Å²) in [6.07, 6.45) is 1.24. The van der Waals surface area contributed by atoms with Crippen LogP contribution in [0.5, 0.6) is 0 Å². The molecule has 0 atom stereocenters. The minimum absolute atomic E-state index is 0.517. The van der Waals surface area contributed by atoms with Gasteiger partial charge in [0.15, 0.2) is 0 Å².